The number of nitrogens with zero attached hydrogens (tertiary/aromatic N) is 6. The molecule has 8 heteroatoms. The Labute approximate surface area is 156 Å². The molecule has 0 spiro atoms. The SMILES string of the molecule is CC1=NN(CCCc2ccccc2)c2nc3c(c(=O)n(C)c(=O)n3C)n2C1. The Morgan fingerprint density at radius 2 is 1.81 bits per heavy atom. The van der Waals surface area contributed by atoms with E-state index in [0.29, 0.717) is 30.2 Å². The van der Waals surface area contributed by atoms with Crippen LogP contribution in [0, 0.1) is 0 Å². The molecule has 0 fully saturated rings. The van der Waals surface area contributed by atoms with Crippen LogP contribution in [0.1, 0.15) is 18.9 Å². The number of imidazole rings is 1. The van der Waals surface area contributed by atoms with Crippen molar-refractivity contribution in [1.82, 2.24) is 18.7 Å². The largest absolute Gasteiger partial charge is 0.332 e. The summed E-state index contributed by atoms with van der Waals surface area (Å²) < 4.78 is 4.40. The second-order valence-electron chi connectivity index (χ2n) is 6.92. The van der Waals surface area contributed by atoms with E-state index in [0.717, 1.165) is 23.1 Å². The van der Waals surface area contributed by atoms with Crippen LogP contribution in [-0.4, -0.2) is 30.9 Å². The van der Waals surface area contributed by atoms with Gasteiger partial charge in [-0.2, -0.15) is 10.1 Å². The van der Waals surface area contributed by atoms with Gasteiger partial charge in [-0.3, -0.25) is 18.5 Å². The molecule has 0 saturated carbocycles. The van der Waals surface area contributed by atoms with Crippen LogP contribution in [0.3, 0.4) is 0 Å². The third-order valence-corrected chi connectivity index (χ3v) is 4.92. The van der Waals surface area contributed by atoms with E-state index >= 15 is 0 Å². The van der Waals surface area contributed by atoms with Gasteiger partial charge >= 0.3 is 5.69 Å². The summed E-state index contributed by atoms with van der Waals surface area (Å²) in [5, 5.41) is 6.46. The molecule has 1 aliphatic rings. The van der Waals surface area contributed by atoms with Crippen molar-refractivity contribution < 1.29 is 0 Å². The van der Waals surface area contributed by atoms with Gasteiger partial charge in [0.1, 0.15) is 0 Å². The van der Waals surface area contributed by atoms with Gasteiger partial charge < -0.3 is 0 Å². The van der Waals surface area contributed by atoms with Gasteiger partial charge in [0.05, 0.1) is 12.3 Å². The topological polar surface area (TPSA) is 77.4 Å². The molecule has 1 aromatic carbocycles. The van der Waals surface area contributed by atoms with Crippen LogP contribution in [0.15, 0.2) is 45.0 Å². The van der Waals surface area contributed by atoms with Gasteiger partial charge in [0.25, 0.3) is 5.56 Å². The molecule has 2 aromatic heterocycles. The molecular weight excluding hydrogens is 344 g/mol. The van der Waals surface area contributed by atoms with Gasteiger partial charge in [-0.15, -0.1) is 0 Å². The summed E-state index contributed by atoms with van der Waals surface area (Å²) in [6.07, 6.45) is 1.84. The van der Waals surface area contributed by atoms with Crippen molar-refractivity contribution in [3.8, 4) is 0 Å². The van der Waals surface area contributed by atoms with Crippen LogP contribution < -0.4 is 16.3 Å². The van der Waals surface area contributed by atoms with Gasteiger partial charge in [-0.25, -0.2) is 9.80 Å². The highest BCUT2D eigenvalue weighted by molar-refractivity contribution is 5.87. The predicted molar refractivity (Wildman–Crippen MR) is 105 cm³/mol. The van der Waals surface area contributed by atoms with Crippen molar-refractivity contribution in [2.75, 3.05) is 11.6 Å². The molecular formula is C19H22N6O2. The lowest BCUT2D eigenvalue weighted by molar-refractivity contribution is 0.681. The number of benzene rings is 1. The van der Waals surface area contributed by atoms with Crippen molar-refractivity contribution in [2.45, 2.75) is 26.3 Å². The van der Waals surface area contributed by atoms with Crippen LogP contribution in [-0.2, 0) is 27.1 Å². The lowest BCUT2D eigenvalue weighted by Crippen LogP contribution is -2.38. The Morgan fingerprint density at radius 3 is 2.56 bits per heavy atom. The zero-order valence-corrected chi connectivity index (χ0v) is 15.7. The summed E-state index contributed by atoms with van der Waals surface area (Å²) in [6.45, 7) is 3.11. The number of hydrogen-bond acceptors (Lipinski definition) is 5. The second kappa shape index (κ2) is 6.53. The standard InChI is InChI=1S/C19H22N6O2/c1-13-12-24-15-16(22(2)19(27)23(3)17(15)26)20-18(24)25(21-13)11-7-10-14-8-5-4-6-9-14/h4-6,8-9H,7,10-12H2,1-3H3. The normalized spacial score (nSPS) is 13.7. The lowest BCUT2D eigenvalue weighted by Gasteiger charge is -2.24. The van der Waals surface area contributed by atoms with E-state index in [1.54, 1.807) is 7.05 Å². The zero-order valence-electron chi connectivity index (χ0n) is 15.7. The summed E-state index contributed by atoms with van der Waals surface area (Å²) >= 11 is 0. The minimum absolute atomic E-state index is 0.328. The lowest BCUT2D eigenvalue weighted by atomic mass is 10.1. The first-order chi connectivity index (χ1) is 13.0. The summed E-state index contributed by atoms with van der Waals surface area (Å²) in [6, 6.07) is 10.3. The van der Waals surface area contributed by atoms with E-state index in [2.05, 4.69) is 22.2 Å². The van der Waals surface area contributed by atoms with Gasteiger partial charge in [0, 0.05) is 20.6 Å². The maximum absolute atomic E-state index is 12.7. The number of aryl methyl sites for hydroxylation is 2. The Kier molecular flexibility index (Phi) is 4.18. The molecule has 0 unspecified atom stereocenters. The van der Waals surface area contributed by atoms with Crippen LogP contribution in [0.25, 0.3) is 11.2 Å². The Bertz CT molecular complexity index is 1150. The number of hydrogen-bond donors (Lipinski definition) is 0. The van der Waals surface area contributed by atoms with Crippen molar-refractivity contribution in [2.24, 2.45) is 19.2 Å². The fraction of sp³-hybridized carbons (Fsp3) is 0.368. The maximum atomic E-state index is 12.7. The number of rotatable bonds is 4. The Morgan fingerprint density at radius 1 is 1.07 bits per heavy atom. The van der Waals surface area contributed by atoms with Crippen molar-refractivity contribution >= 4 is 22.8 Å². The zero-order chi connectivity index (χ0) is 19.1. The highest BCUT2D eigenvalue weighted by Crippen LogP contribution is 2.24. The van der Waals surface area contributed by atoms with Crippen LogP contribution in [0.4, 0.5) is 5.95 Å². The highest BCUT2D eigenvalue weighted by atomic mass is 16.2. The van der Waals surface area contributed by atoms with E-state index in [4.69, 9.17) is 0 Å². The van der Waals surface area contributed by atoms with E-state index in [-0.39, 0.29) is 11.2 Å². The van der Waals surface area contributed by atoms with Gasteiger partial charge in [0.2, 0.25) is 5.95 Å². The fourth-order valence-electron chi connectivity index (χ4n) is 3.52. The minimum Gasteiger partial charge on any atom is -0.297 e. The Balaban J connectivity index is 1.71. The summed E-state index contributed by atoms with van der Waals surface area (Å²) in [4.78, 5) is 29.5. The molecule has 1 aliphatic heterocycles. The maximum Gasteiger partial charge on any atom is 0.332 e. The van der Waals surface area contributed by atoms with Crippen LogP contribution in [0.2, 0.25) is 0 Å². The molecule has 3 aromatic rings. The predicted octanol–water partition coefficient (Wildman–Crippen LogP) is 1.26. The second-order valence-corrected chi connectivity index (χ2v) is 6.92. The number of anilines is 1. The molecule has 27 heavy (non-hydrogen) atoms. The fourth-order valence-corrected chi connectivity index (χ4v) is 3.52. The van der Waals surface area contributed by atoms with E-state index in [1.165, 1.54) is 17.2 Å². The van der Waals surface area contributed by atoms with Crippen molar-refractivity contribution in [3.05, 3.63) is 56.7 Å². The molecule has 4 rings (SSSR count). The number of fused-ring (bicyclic) bond motifs is 3. The highest BCUT2D eigenvalue weighted by Gasteiger charge is 2.25. The molecule has 0 amide bonds. The van der Waals surface area contributed by atoms with E-state index in [1.807, 2.05) is 34.7 Å². The monoisotopic (exact) mass is 366 g/mol. The van der Waals surface area contributed by atoms with Crippen LogP contribution >= 0.6 is 0 Å². The first kappa shape index (κ1) is 17.3. The molecule has 0 N–H and O–H groups in total. The number of aromatic nitrogens is 4. The average molecular weight is 366 g/mol. The third kappa shape index (κ3) is 2.87. The average Bonchev–Trinajstić information content (AvgIpc) is 3.05. The quantitative estimate of drug-likeness (QED) is 0.697. The molecule has 8 nitrogen and oxygen atoms in total. The van der Waals surface area contributed by atoms with Gasteiger partial charge in [-0.1, -0.05) is 30.3 Å². The minimum atomic E-state index is -0.379. The molecule has 0 radical (unpaired) electrons. The molecule has 0 aliphatic carbocycles. The molecule has 0 saturated heterocycles. The van der Waals surface area contributed by atoms with Crippen molar-refractivity contribution in [1.29, 1.82) is 0 Å². The summed E-state index contributed by atoms with van der Waals surface area (Å²) in [5.74, 6) is 0.613. The van der Waals surface area contributed by atoms with Crippen LogP contribution in [0.5, 0.6) is 0 Å². The first-order valence-electron chi connectivity index (χ1n) is 8.99. The third-order valence-electron chi connectivity index (χ3n) is 4.92. The van der Waals surface area contributed by atoms with E-state index < -0.39 is 0 Å². The smallest absolute Gasteiger partial charge is 0.297 e. The molecule has 3 heterocycles. The first-order valence-corrected chi connectivity index (χ1v) is 8.99. The van der Waals surface area contributed by atoms with E-state index in [9.17, 15) is 9.59 Å². The Hall–Kier alpha value is -3.16. The summed E-state index contributed by atoms with van der Waals surface area (Å²) in [5.41, 5.74) is 2.31. The molecule has 140 valence electrons. The molecule has 0 atom stereocenters. The van der Waals surface area contributed by atoms with Gasteiger partial charge in [-0.05, 0) is 25.3 Å². The molecule has 0 bridgehead atoms. The summed E-state index contributed by atoms with van der Waals surface area (Å²) in [7, 11) is 3.13. The number of hydrazone groups is 1. The van der Waals surface area contributed by atoms with Crippen molar-refractivity contribution in [3.63, 3.8) is 0 Å². The van der Waals surface area contributed by atoms with Gasteiger partial charge in [0.15, 0.2) is 11.2 Å².